The Bertz CT molecular complexity index is 1830. The van der Waals surface area contributed by atoms with Crippen LogP contribution in [0.15, 0.2) is 113 Å². The van der Waals surface area contributed by atoms with Gasteiger partial charge in [0.1, 0.15) is 36.2 Å². The number of phenols is 2. The molecule has 0 unspecified atom stereocenters. The lowest BCUT2D eigenvalue weighted by Crippen LogP contribution is -2.13. The van der Waals surface area contributed by atoms with Crippen LogP contribution in [0, 0.1) is 0 Å². The summed E-state index contributed by atoms with van der Waals surface area (Å²) in [5, 5.41) is 24.5. The average molecular weight is 801 g/mol. The van der Waals surface area contributed by atoms with E-state index in [4.69, 9.17) is 9.47 Å². The number of hydrogen-bond donors (Lipinski definition) is 2. The summed E-state index contributed by atoms with van der Waals surface area (Å²) in [6.07, 6.45) is 3.49. The topological polar surface area (TPSA) is 58.9 Å². The summed E-state index contributed by atoms with van der Waals surface area (Å²) >= 11 is 6.02. The highest BCUT2D eigenvalue weighted by atomic mass is 32.2. The van der Waals surface area contributed by atoms with Gasteiger partial charge >= 0.3 is 0 Å². The largest absolute Gasteiger partial charge is 0.506 e. The van der Waals surface area contributed by atoms with Gasteiger partial charge in [-0.05, 0) is 92.4 Å². The second-order valence-corrected chi connectivity index (χ2v) is 22.2. The van der Waals surface area contributed by atoms with Crippen molar-refractivity contribution < 1.29 is 19.7 Å². The van der Waals surface area contributed by atoms with Gasteiger partial charge < -0.3 is 19.7 Å². The minimum atomic E-state index is -0.197. The van der Waals surface area contributed by atoms with Crippen LogP contribution in [0.4, 0.5) is 0 Å². The molecule has 4 nitrogen and oxygen atoms in total. The predicted molar refractivity (Wildman–Crippen MR) is 232 cm³/mol. The van der Waals surface area contributed by atoms with Crippen LogP contribution in [0.3, 0.4) is 0 Å². The van der Waals surface area contributed by atoms with Crippen molar-refractivity contribution in [2.45, 2.75) is 144 Å². The molecule has 54 heavy (non-hydrogen) atoms. The molecule has 1 aliphatic rings. The summed E-state index contributed by atoms with van der Waals surface area (Å²) in [4.78, 5) is 6.45. The number of rotatable bonds is 6. The van der Waals surface area contributed by atoms with Gasteiger partial charge in [0, 0.05) is 0 Å². The molecule has 1 aliphatic heterocycles. The summed E-state index contributed by atoms with van der Waals surface area (Å²) in [5.74, 6) is 1.79. The number of ether oxygens (including phenoxy) is 2. The molecule has 8 heteroatoms. The molecule has 0 radical (unpaired) electrons. The summed E-state index contributed by atoms with van der Waals surface area (Å²) in [6.45, 7) is 34.9. The molecule has 1 heterocycles. The second kappa shape index (κ2) is 15.8. The number of aromatic hydroxyl groups is 2. The maximum Gasteiger partial charge on any atom is 0.147 e. The van der Waals surface area contributed by atoms with Crippen LogP contribution in [-0.4, -0.2) is 23.4 Å². The molecule has 0 fully saturated rings. The van der Waals surface area contributed by atoms with E-state index in [0.717, 1.165) is 61.4 Å². The van der Waals surface area contributed by atoms with Crippen LogP contribution in [-0.2, 0) is 21.7 Å². The lowest BCUT2D eigenvalue weighted by Gasteiger charge is -2.27. The minimum Gasteiger partial charge on any atom is -0.506 e. The van der Waals surface area contributed by atoms with Gasteiger partial charge in [0.25, 0.3) is 0 Å². The van der Waals surface area contributed by atoms with E-state index in [1.54, 1.807) is 12.2 Å². The van der Waals surface area contributed by atoms with Crippen LogP contribution in [0.2, 0.25) is 0 Å². The molecular formula is C46H56O4S4. The summed E-state index contributed by atoms with van der Waals surface area (Å²) in [7, 11) is 0. The maximum absolute atomic E-state index is 12.3. The first kappa shape index (κ1) is 42.1. The van der Waals surface area contributed by atoms with E-state index in [-0.39, 0.29) is 33.2 Å². The van der Waals surface area contributed by atoms with Gasteiger partial charge in [-0.3, -0.25) is 0 Å². The van der Waals surface area contributed by atoms with Crippen molar-refractivity contribution in [1.82, 2.24) is 0 Å². The fourth-order valence-corrected chi connectivity index (χ4v) is 10.3. The molecule has 5 rings (SSSR count). The molecule has 0 aliphatic carbocycles. The smallest absolute Gasteiger partial charge is 0.147 e. The van der Waals surface area contributed by atoms with Crippen LogP contribution in [0.1, 0.15) is 105 Å². The van der Waals surface area contributed by atoms with Gasteiger partial charge in [-0.15, -0.1) is 0 Å². The number of phenolic OH excluding ortho intramolecular Hbond substituents is 2. The number of hydrogen-bond acceptors (Lipinski definition) is 8. The van der Waals surface area contributed by atoms with Crippen LogP contribution in [0.5, 0.6) is 23.0 Å². The molecule has 8 bridgehead atoms. The Morgan fingerprint density at radius 2 is 0.630 bits per heavy atom. The standard InChI is InChI=1S/C46H56O4S4/c1-15-17-49-41-35-23-29(45(9,10)11)24-36(41)52-32-20-28(44(6,7)8)22-34(40(32)48)54-38-26-30(46(12,13)14)25-37(42(38)50-18-16-2)53-33-21-27(43(3,4)5)19-31(51-35)39(33)47/h15-16,19-26,47-48H,1-2,17-18H2,3-14H3. The summed E-state index contributed by atoms with van der Waals surface area (Å²) in [6, 6.07) is 17.1. The monoisotopic (exact) mass is 800 g/mol. The van der Waals surface area contributed by atoms with Crippen molar-refractivity contribution in [2.75, 3.05) is 13.2 Å². The van der Waals surface area contributed by atoms with E-state index in [0.29, 0.717) is 24.7 Å². The SMILES string of the molecule is C=CCOc1c2cc(C(C)(C)C)cc1Sc1cc(C(C)(C)C)cc(c1O)Sc1cc(C(C)(C)C)cc(c1OCC=C)Sc1cc(C(C)(C)C)cc(c1O)S2. The molecule has 0 aromatic heterocycles. The lowest BCUT2D eigenvalue weighted by atomic mass is 9.87. The van der Waals surface area contributed by atoms with E-state index in [9.17, 15) is 10.2 Å². The molecule has 0 spiro atoms. The highest BCUT2D eigenvalue weighted by molar-refractivity contribution is 8.01. The fraction of sp³-hybridized carbons (Fsp3) is 0.391. The van der Waals surface area contributed by atoms with Gasteiger partial charge in [-0.2, -0.15) is 0 Å². The number of fused-ring (bicyclic) bond motifs is 8. The maximum atomic E-state index is 12.3. The van der Waals surface area contributed by atoms with Crippen LogP contribution in [0.25, 0.3) is 0 Å². The second-order valence-electron chi connectivity index (χ2n) is 17.9. The highest BCUT2D eigenvalue weighted by Crippen LogP contribution is 2.56. The van der Waals surface area contributed by atoms with Gasteiger partial charge in [0.15, 0.2) is 0 Å². The summed E-state index contributed by atoms with van der Waals surface area (Å²) in [5.41, 5.74) is 3.67. The van der Waals surface area contributed by atoms with E-state index in [1.807, 2.05) is 0 Å². The Hall–Kier alpha value is -3.04. The highest BCUT2D eigenvalue weighted by Gasteiger charge is 2.29. The minimum absolute atomic E-state index is 0.190. The molecule has 0 amide bonds. The number of benzene rings is 4. The molecular weight excluding hydrogens is 745 g/mol. The first-order valence-electron chi connectivity index (χ1n) is 18.3. The zero-order valence-electron chi connectivity index (χ0n) is 33.9. The fourth-order valence-electron chi connectivity index (χ4n) is 5.71. The third-order valence-electron chi connectivity index (χ3n) is 9.16. The van der Waals surface area contributed by atoms with Gasteiger partial charge in [0.05, 0.1) is 39.2 Å². The Kier molecular flexibility index (Phi) is 12.3. The first-order chi connectivity index (χ1) is 25.0. The molecule has 0 atom stereocenters. The zero-order chi connectivity index (χ0) is 40.0. The van der Waals surface area contributed by atoms with E-state index in [1.165, 1.54) is 47.0 Å². The normalized spacial score (nSPS) is 13.7. The third kappa shape index (κ3) is 9.49. The summed E-state index contributed by atoms with van der Waals surface area (Å²) < 4.78 is 13.0. The molecule has 288 valence electrons. The van der Waals surface area contributed by atoms with E-state index >= 15 is 0 Å². The van der Waals surface area contributed by atoms with Crippen molar-refractivity contribution in [1.29, 1.82) is 0 Å². The zero-order valence-corrected chi connectivity index (χ0v) is 37.2. The molecule has 0 saturated carbocycles. The van der Waals surface area contributed by atoms with Gasteiger partial charge in [0.2, 0.25) is 0 Å². The Labute approximate surface area is 341 Å². The van der Waals surface area contributed by atoms with Crippen LogP contribution < -0.4 is 9.47 Å². The molecule has 4 aromatic carbocycles. The van der Waals surface area contributed by atoms with Crippen molar-refractivity contribution in [2.24, 2.45) is 0 Å². The van der Waals surface area contributed by atoms with Gasteiger partial charge in [-0.25, -0.2) is 0 Å². The van der Waals surface area contributed by atoms with Crippen molar-refractivity contribution >= 4 is 47.0 Å². The Morgan fingerprint density at radius 1 is 0.426 bits per heavy atom. The van der Waals surface area contributed by atoms with E-state index in [2.05, 4.69) is 145 Å². The lowest BCUT2D eigenvalue weighted by molar-refractivity contribution is 0.345. The first-order valence-corrected chi connectivity index (χ1v) is 21.6. The Morgan fingerprint density at radius 3 is 0.815 bits per heavy atom. The van der Waals surface area contributed by atoms with Crippen molar-refractivity contribution in [3.05, 3.63) is 96.1 Å². The molecule has 0 saturated heterocycles. The van der Waals surface area contributed by atoms with Crippen molar-refractivity contribution in [3.63, 3.8) is 0 Å². The quantitative estimate of drug-likeness (QED) is 0.165. The van der Waals surface area contributed by atoms with Crippen molar-refractivity contribution in [3.8, 4) is 23.0 Å². The predicted octanol–water partition coefficient (Wildman–Crippen LogP) is 14.3. The van der Waals surface area contributed by atoms with E-state index < -0.39 is 0 Å². The average Bonchev–Trinajstić information content (AvgIpc) is 3.04. The van der Waals surface area contributed by atoms with Gasteiger partial charge in [-0.1, -0.05) is 155 Å². The van der Waals surface area contributed by atoms with Crippen LogP contribution >= 0.6 is 47.0 Å². The third-order valence-corrected chi connectivity index (χ3v) is 13.4. The molecule has 4 aromatic rings. The Balaban J connectivity index is 1.95. The molecule has 2 N–H and O–H groups in total.